The summed E-state index contributed by atoms with van der Waals surface area (Å²) in [4.78, 5) is 18.1. The summed E-state index contributed by atoms with van der Waals surface area (Å²) in [6, 6.07) is 3.61. The fourth-order valence-corrected chi connectivity index (χ4v) is 3.26. The maximum Gasteiger partial charge on any atom is 0.238 e. The van der Waals surface area contributed by atoms with Crippen molar-refractivity contribution >= 4 is 23.4 Å². The Bertz CT molecular complexity index is 385. The lowest BCUT2D eigenvalue weighted by Crippen LogP contribution is -2.42. The van der Waals surface area contributed by atoms with Crippen LogP contribution in [0.4, 0.5) is 5.69 Å². The molecule has 0 saturated carbocycles. The zero-order chi connectivity index (χ0) is 12.8. The van der Waals surface area contributed by atoms with E-state index in [0.29, 0.717) is 11.8 Å². The molecule has 1 aromatic heterocycles. The van der Waals surface area contributed by atoms with E-state index < -0.39 is 0 Å². The first-order valence-corrected chi connectivity index (χ1v) is 7.36. The van der Waals surface area contributed by atoms with Crippen LogP contribution in [0, 0.1) is 0 Å². The fraction of sp³-hybridized carbons (Fsp3) is 0.538. The van der Waals surface area contributed by atoms with Gasteiger partial charge >= 0.3 is 0 Å². The summed E-state index contributed by atoms with van der Waals surface area (Å²) in [5, 5.41) is 3.57. The van der Waals surface area contributed by atoms with Crippen LogP contribution >= 0.6 is 11.8 Å². The minimum Gasteiger partial charge on any atom is -0.325 e. The molecule has 0 radical (unpaired) electrons. The number of carbonyl (C=O) groups is 1. The Balaban J connectivity index is 1.80. The number of aromatic nitrogens is 1. The lowest BCUT2D eigenvalue weighted by Gasteiger charge is -2.31. The number of anilines is 1. The quantitative estimate of drug-likeness (QED) is 0.902. The predicted octanol–water partition coefficient (Wildman–Crippen LogP) is 1.85. The Morgan fingerprint density at radius 3 is 3.06 bits per heavy atom. The van der Waals surface area contributed by atoms with Crippen LogP contribution in [-0.2, 0) is 4.79 Å². The molecule has 1 saturated heterocycles. The Kier molecular flexibility index (Phi) is 5.01. The van der Waals surface area contributed by atoms with Gasteiger partial charge in [-0.1, -0.05) is 6.92 Å². The number of nitrogens with zero attached hydrogens (tertiary/aromatic N) is 2. The van der Waals surface area contributed by atoms with E-state index in [1.807, 2.05) is 11.8 Å². The van der Waals surface area contributed by atoms with Gasteiger partial charge in [0.1, 0.15) is 0 Å². The minimum atomic E-state index is 0.0583. The Morgan fingerprint density at radius 2 is 2.33 bits per heavy atom. The molecule has 1 N–H and O–H groups in total. The van der Waals surface area contributed by atoms with E-state index >= 15 is 0 Å². The number of rotatable bonds is 4. The molecule has 1 aliphatic rings. The maximum absolute atomic E-state index is 11.9. The van der Waals surface area contributed by atoms with Crippen molar-refractivity contribution < 1.29 is 4.79 Å². The van der Waals surface area contributed by atoms with Gasteiger partial charge in [0.25, 0.3) is 0 Å². The van der Waals surface area contributed by atoms with Gasteiger partial charge in [-0.15, -0.1) is 0 Å². The molecule has 1 aromatic rings. The molecule has 0 bridgehead atoms. The number of hydrogen-bond acceptors (Lipinski definition) is 4. The summed E-state index contributed by atoms with van der Waals surface area (Å²) in [6.45, 7) is 4.72. The van der Waals surface area contributed by atoms with E-state index in [-0.39, 0.29) is 5.91 Å². The maximum atomic E-state index is 11.9. The molecule has 0 aromatic carbocycles. The fourth-order valence-electron chi connectivity index (χ4n) is 2.01. The molecule has 2 heterocycles. The normalized spacial score (nSPS) is 20.6. The van der Waals surface area contributed by atoms with Crippen molar-refractivity contribution in [1.82, 2.24) is 9.88 Å². The summed E-state index contributed by atoms with van der Waals surface area (Å²) >= 11 is 2.02. The molecule has 4 nitrogen and oxygen atoms in total. The summed E-state index contributed by atoms with van der Waals surface area (Å²) in [5.41, 5.74) is 0.813. The lowest BCUT2D eigenvalue weighted by atomic mass is 10.3. The summed E-state index contributed by atoms with van der Waals surface area (Å²) in [5.74, 6) is 1.18. The topological polar surface area (TPSA) is 45.2 Å². The third kappa shape index (κ3) is 3.99. The van der Waals surface area contributed by atoms with E-state index in [1.54, 1.807) is 24.5 Å². The van der Waals surface area contributed by atoms with E-state index in [4.69, 9.17) is 0 Å². The summed E-state index contributed by atoms with van der Waals surface area (Å²) in [6.07, 6.45) is 4.54. The number of hydrogen-bond donors (Lipinski definition) is 1. The van der Waals surface area contributed by atoms with Crippen LogP contribution in [0.15, 0.2) is 24.5 Å². The van der Waals surface area contributed by atoms with Gasteiger partial charge < -0.3 is 5.32 Å². The van der Waals surface area contributed by atoms with Crippen LogP contribution in [0.1, 0.15) is 13.3 Å². The highest BCUT2D eigenvalue weighted by atomic mass is 32.2. The Hall–Kier alpha value is -1.07. The van der Waals surface area contributed by atoms with Gasteiger partial charge in [-0.05, 0) is 18.6 Å². The Morgan fingerprint density at radius 1 is 1.56 bits per heavy atom. The highest BCUT2D eigenvalue weighted by Gasteiger charge is 2.20. The first kappa shape index (κ1) is 13.4. The third-order valence-electron chi connectivity index (χ3n) is 3.01. The molecule has 1 amide bonds. The SMILES string of the molecule is CC[C@H]1CN(CC(=O)Nc2ccncc2)CCS1. The van der Waals surface area contributed by atoms with Crippen LogP contribution in [0.5, 0.6) is 0 Å². The number of pyridine rings is 1. The summed E-state index contributed by atoms with van der Waals surface area (Å²) < 4.78 is 0. The molecule has 5 heteroatoms. The van der Waals surface area contributed by atoms with Crippen molar-refractivity contribution in [1.29, 1.82) is 0 Å². The highest BCUT2D eigenvalue weighted by molar-refractivity contribution is 8.00. The highest BCUT2D eigenvalue weighted by Crippen LogP contribution is 2.20. The molecule has 1 atom stereocenters. The van der Waals surface area contributed by atoms with Gasteiger partial charge in [0.2, 0.25) is 5.91 Å². The van der Waals surface area contributed by atoms with Crippen LogP contribution in [0.25, 0.3) is 0 Å². The number of amides is 1. The van der Waals surface area contributed by atoms with Crippen LogP contribution in [0.3, 0.4) is 0 Å². The minimum absolute atomic E-state index is 0.0583. The average molecular weight is 265 g/mol. The van der Waals surface area contributed by atoms with Crippen LogP contribution < -0.4 is 5.32 Å². The van der Waals surface area contributed by atoms with E-state index in [1.165, 1.54) is 6.42 Å². The lowest BCUT2D eigenvalue weighted by molar-refractivity contribution is -0.117. The van der Waals surface area contributed by atoms with Crippen LogP contribution in [0.2, 0.25) is 0 Å². The number of nitrogens with one attached hydrogen (secondary N) is 1. The monoisotopic (exact) mass is 265 g/mol. The van der Waals surface area contributed by atoms with Gasteiger partial charge in [0, 0.05) is 42.2 Å². The first-order valence-electron chi connectivity index (χ1n) is 6.31. The van der Waals surface area contributed by atoms with Crippen molar-refractivity contribution in [2.75, 3.05) is 30.7 Å². The first-order chi connectivity index (χ1) is 8.78. The van der Waals surface area contributed by atoms with E-state index in [9.17, 15) is 4.79 Å². The molecule has 1 aliphatic heterocycles. The van der Waals surface area contributed by atoms with Gasteiger partial charge in [0.15, 0.2) is 0 Å². The van der Waals surface area contributed by atoms with Gasteiger partial charge in [-0.2, -0.15) is 11.8 Å². The van der Waals surface area contributed by atoms with Gasteiger partial charge in [-0.3, -0.25) is 14.7 Å². The van der Waals surface area contributed by atoms with Crippen molar-refractivity contribution in [2.24, 2.45) is 0 Å². The zero-order valence-corrected chi connectivity index (χ0v) is 11.4. The molecule has 0 spiro atoms. The van der Waals surface area contributed by atoms with Crippen LogP contribution in [-0.4, -0.2) is 46.4 Å². The molecular formula is C13H19N3OS. The molecule has 0 aliphatic carbocycles. The molecular weight excluding hydrogens is 246 g/mol. The molecule has 98 valence electrons. The number of carbonyl (C=O) groups excluding carboxylic acids is 1. The zero-order valence-electron chi connectivity index (χ0n) is 10.6. The molecule has 1 fully saturated rings. The molecule has 0 unspecified atom stereocenters. The third-order valence-corrected chi connectivity index (χ3v) is 4.38. The van der Waals surface area contributed by atoms with Gasteiger partial charge in [0.05, 0.1) is 6.54 Å². The standard InChI is InChI=1S/C13H19N3OS/c1-2-12-9-16(7-8-18-12)10-13(17)15-11-3-5-14-6-4-11/h3-6,12H,2,7-10H2,1H3,(H,14,15,17)/t12-/m0/s1. The second-order valence-corrected chi connectivity index (χ2v) is 5.83. The van der Waals surface area contributed by atoms with Gasteiger partial charge in [-0.25, -0.2) is 0 Å². The second kappa shape index (κ2) is 6.75. The Labute approximate surface area is 112 Å². The number of thioether (sulfide) groups is 1. The van der Waals surface area contributed by atoms with E-state index in [0.717, 1.165) is 24.5 Å². The second-order valence-electron chi connectivity index (χ2n) is 4.42. The largest absolute Gasteiger partial charge is 0.325 e. The van der Waals surface area contributed by atoms with Crippen molar-refractivity contribution in [2.45, 2.75) is 18.6 Å². The molecule has 18 heavy (non-hydrogen) atoms. The van der Waals surface area contributed by atoms with Crippen molar-refractivity contribution in [3.63, 3.8) is 0 Å². The van der Waals surface area contributed by atoms with Crippen molar-refractivity contribution in [3.05, 3.63) is 24.5 Å². The average Bonchev–Trinajstić information content (AvgIpc) is 2.40. The summed E-state index contributed by atoms with van der Waals surface area (Å²) in [7, 11) is 0. The smallest absolute Gasteiger partial charge is 0.238 e. The van der Waals surface area contributed by atoms with E-state index in [2.05, 4.69) is 22.1 Å². The predicted molar refractivity (Wildman–Crippen MR) is 75.8 cm³/mol. The van der Waals surface area contributed by atoms with Crippen molar-refractivity contribution in [3.8, 4) is 0 Å². The molecule has 2 rings (SSSR count).